The van der Waals surface area contributed by atoms with Crippen molar-refractivity contribution in [2.45, 2.75) is 32.3 Å². The van der Waals surface area contributed by atoms with Gasteiger partial charge in [0.1, 0.15) is 17.8 Å². The molecule has 1 fully saturated rings. The van der Waals surface area contributed by atoms with Gasteiger partial charge >= 0.3 is 12.1 Å². The minimum absolute atomic E-state index is 0.188. The van der Waals surface area contributed by atoms with Crippen molar-refractivity contribution >= 4 is 17.8 Å². The van der Waals surface area contributed by atoms with Gasteiger partial charge in [-0.15, -0.1) is 0 Å². The van der Waals surface area contributed by atoms with Gasteiger partial charge in [0.05, 0.1) is 0 Å². The van der Waals surface area contributed by atoms with Crippen LogP contribution in [0.3, 0.4) is 0 Å². The van der Waals surface area contributed by atoms with Crippen molar-refractivity contribution in [1.82, 2.24) is 4.90 Å². The molecule has 2 aromatic rings. The fraction of sp³-hybridized carbons (Fsp3) is 0.318. The zero-order valence-corrected chi connectivity index (χ0v) is 16.3. The number of Topliss-reactive ketones (excluding diaryl/α,β-unsaturated/α-hetero) is 1. The number of nitrogens with zero attached hydrogens (tertiary/aromatic N) is 1. The number of aliphatic carboxylic acids is 1. The maximum Gasteiger partial charge on any atom is 0.407 e. The van der Waals surface area contributed by atoms with E-state index in [9.17, 15) is 24.6 Å². The van der Waals surface area contributed by atoms with Gasteiger partial charge in [-0.1, -0.05) is 37.3 Å². The second-order valence-electron chi connectivity index (χ2n) is 7.19. The normalized spacial score (nSPS) is 14.8. The number of hydrogen-bond acceptors (Lipinski definition) is 4. The van der Waals surface area contributed by atoms with Crippen molar-refractivity contribution in [3.63, 3.8) is 0 Å². The Morgan fingerprint density at radius 2 is 1.72 bits per heavy atom. The molecule has 0 atom stereocenters. The van der Waals surface area contributed by atoms with Crippen molar-refractivity contribution in [2.24, 2.45) is 0 Å². The molecule has 0 bridgehead atoms. The lowest BCUT2D eigenvalue weighted by Crippen LogP contribution is -2.65. The topological polar surface area (TPSA) is 104 Å². The van der Waals surface area contributed by atoms with Crippen LogP contribution in [0.1, 0.15) is 40.4 Å². The maximum atomic E-state index is 12.5. The molecule has 0 spiro atoms. The Labute approximate surface area is 168 Å². The first-order valence-electron chi connectivity index (χ1n) is 9.35. The number of ether oxygens (including phenoxy) is 1. The predicted molar refractivity (Wildman–Crippen MR) is 105 cm³/mol. The number of hydrogen-bond donors (Lipinski definition) is 2. The number of carboxylic acid groups (broad SMARTS) is 2. The summed E-state index contributed by atoms with van der Waals surface area (Å²) in [6.45, 7) is 3.31. The number of carbonyl (C=O) groups is 3. The molecule has 7 nitrogen and oxygen atoms in total. The Bertz CT molecular complexity index is 947. The van der Waals surface area contributed by atoms with Crippen LogP contribution in [0, 0.1) is 6.92 Å². The SMILES string of the molecule is CCC(=O)c1ccc(OCc2ccccc2)c(C)c1C1(C(=O)O)CN(C(=O)O)C1. The molecule has 1 saturated heterocycles. The second kappa shape index (κ2) is 7.95. The molecule has 0 aromatic heterocycles. The van der Waals surface area contributed by atoms with E-state index < -0.39 is 17.5 Å². The van der Waals surface area contributed by atoms with E-state index in [2.05, 4.69) is 0 Å². The molecule has 3 rings (SSSR count). The maximum absolute atomic E-state index is 12.5. The van der Waals surface area contributed by atoms with Crippen LogP contribution in [-0.2, 0) is 16.8 Å². The molecule has 0 radical (unpaired) electrons. The number of likely N-dealkylation sites (tertiary alicyclic amines) is 1. The molecule has 1 aliphatic rings. The van der Waals surface area contributed by atoms with Gasteiger partial charge in [0.2, 0.25) is 0 Å². The van der Waals surface area contributed by atoms with Gasteiger partial charge in [0, 0.05) is 25.1 Å². The summed E-state index contributed by atoms with van der Waals surface area (Å²) in [6, 6.07) is 12.8. The lowest BCUT2D eigenvalue weighted by Gasteiger charge is -2.47. The van der Waals surface area contributed by atoms with Gasteiger partial charge in [0.25, 0.3) is 0 Å². The fourth-order valence-electron chi connectivity index (χ4n) is 3.76. The smallest absolute Gasteiger partial charge is 0.407 e. The molecule has 2 N–H and O–H groups in total. The molecule has 2 aromatic carbocycles. The largest absolute Gasteiger partial charge is 0.489 e. The van der Waals surface area contributed by atoms with Gasteiger partial charge in [0.15, 0.2) is 5.78 Å². The predicted octanol–water partition coefficient (Wildman–Crippen LogP) is 3.48. The van der Waals surface area contributed by atoms with Crippen LogP contribution in [-0.4, -0.2) is 46.0 Å². The van der Waals surface area contributed by atoms with Crippen LogP contribution in [0.15, 0.2) is 42.5 Å². The van der Waals surface area contributed by atoms with Crippen LogP contribution in [0.25, 0.3) is 0 Å². The molecule has 0 unspecified atom stereocenters. The van der Waals surface area contributed by atoms with E-state index >= 15 is 0 Å². The lowest BCUT2D eigenvalue weighted by atomic mass is 9.69. The zero-order chi connectivity index (χ0) is 21.2. The molecule has 1 heterocycles. The number of ketones is 1. The Morgan fingerprint density at radius 3 is 2.28 bits per heavy atom. The summed E-state index contributed by atoms with van der Waals surface area (Å²) in [5, 5.41) is 19.2. The monoisotopic (exact) mass is 397 g/mol. The van der Waals surface area contributed by atoms with E-state index in [4.69, 9.17) is 4.74 Å². The summed E-state index contributed by atoms with van der Waals surface area (Å²) < 4.78 is 5.92. The summed E-state index contributed by atoms with van der Waals surface area (Å²) in [7, 11) is 0. The van der Waals surface area contributed by atoms with Crippen molar-refractivity contribution in [2.75, 3.05) is 13.1 Å². The molecular weight excluding hydrogens is 374 g/mol. The second-order valence-corrected chi connectivity index (χ2v) is 7.19. The summed E-state index contributed by atoms with van der Waals surface area (Å²) in [6.07, 6.45) is -0.964. The lowest BCUT2D eigenvalue weighted by molar-refractivity contribution is -0.150. The molecule has 7 heteroatoms. The Balaban J connectivity index is 2.04. The Morgan fingerprint density at radius 1 is 1.07 bits per heavy atom. The van der Waals surface area contributed by atoms with Gasteiger partial charge in [-0.05, 0) is 35.7 Å². The van der Waals surface area contributed by atoms with Gasteiger partial charge in [-0.2, -0.15) is 0 Å². The Kier molecular flexibility index (Phi) is 5.59. The average Bonchev–Trinajstić information content (AvgIpc) is 2.67. The first-order valence-corrected chi connectivity index (χ1v) is 9.35. The van der Waals surface area contributed by atoms with Gasteiger partial charge < -0.3 is 19.8 Å². The molecule has 0 saturated carbocycles. The standard InChI is InChI=1S/C22H23NO6/c1-3-17(24)16-9-10-18(29-11-15-7-5-4-6-8-15)14(2)19(16)22(20(25)26)12-23(13-22)21(27)28/h4-10H,3,11-13H2,1-2H3,(H,25,26)(H,27,28). The molecule has 1 aliphatic heterocycles. The highest BCUT2D eigenvalue weighted by Gasteiger charge is 2.55. The van der Waals surface area contributed by atoms with Crippen molar-refractivity contribution in [1.29, 1.82) is 0 Å². The Hall–Kier alpha value is -3.35. The van der Waals surface area contributed by atoms with E-state index in [1.165, 1.54) is 0 Å². The highest BCUT2D eigenvalue weighted by Crippen LogP contribution is 2.42. The average molecular weight is 397 g/mol. The van der Waals surface area contributed by atoms with Crippen molar-refractivity contribution in [3.05, 3.63) is 64.7 Å². The minimum Gasteiger partial charge on any atom is -0.489 e. The zero-order valence-electron chi connectivity index (χ0n) is 16.3. The van der Waals surface area contributed by atoms with Crippen molar-refractivity contribution < 1.29 is 29.3 Å². The van der Waals surface area contributed by atoms with Gasteiger partial charge in [-0.3, -0.25) is 9.59 Å². The van der Waals surface area contributed by atoms with E-state index in [1.807, 2.05) is 30.3 Å². The van der Waals surface area contributed by atoms with Crippen LogP contribution in [0.4, 0.5) is 4.79 Å². The first-order chi connectivity index (χ1) is 13.8. The van der Waals surface area contributed by atoms with Crippen LogP contribution >= 0.6 is 0 Å². The number of amides is 1. The third-order valence-corrected chi connectivity index (χ3v) is 5.35. The van der Waals surface area contributed by atoms with E-state index in [0.717, 1.165) is 10.5 Å². The third kappa shape index (κ3) is 3.68. The molecular formula is C22H23NO6. The number of carboxylic acids is 1. The van der Waals surface area contributed by atoms with E-state index in [1.54, 1.807) is 26.0 Å². The van der Waals surface area contributed by atoms with Crippen LogP contribution in [0.5, 0.6) is 5.75 Å². The first kappa shape index (κ1) is 20.4. The quantitative estimate of drug-likeness (QED) is 0.693. The third-order valence-electron chi connectivity index (χ3n) is 5.35. The molecule has 1 amide bonds. The summed E-state index contributed by atoms with van der Waals surface area (Å²) in [5.41, 5.74) is 0.697. The van der Waals surface area contributed by atoms with Gasteiger partial charge in [-0.25, -0.2) is 4.79 Å². The number of rotatable bonds is 7. The van der Waals surface area contributed by atoms with Crippen molar-refractivity contribution in [3.8, 4) is 5.75 Å². The van der Waals surface area contributed by atoms with Crippen LogP contribution < -0.4 is 4.74 Å². The summed E-state index contributed by atoms with van der Waals surface area (Å²) in [4.78, 5) is 37.0. The molecule has 0 aliphatic carbocycles. The summed E-state index contributed by atoms with van der Waals surface area (Å²) in [5.74, 6) is -0.860. The number of carbonyl (C=O) groups excluding carboxylic acids is 1. The highest BCUT2D eigenvalue weighted by molar-refractivity contribution is 6.01. The molecule has 152 valence electrons. The highest BCUT2D eigenvalue weighted by atomic mass is 16.5. The van der Waals surface area contributed by atoms with Crippen LogP contribution in [0.2, 0.25) is 0 Å². The fourth-order valence-corrected chi connectivity index (χ4v) is 3.76. The summed E-state index contributed by atoms with van der Waals surface area (Å²) >= 11 is 0. The van der Waals surface area contributed by atoms with E-state index in [0.29, 0.717) is 29.0 Å². The minimum atomic E-state index is -1.46. The molecule has 29 heavy (non-hydrogen) atoms. The van der Waals surface area contributed by atoms with E-state index in [-0.39, 0.29) is 25.3 Å². The number of benzene rings is 2.